The predicted octanol–water partition coefficient (Wildman–Crippen LogP) is 2.37. The zero-order valence-corrected chi connectivity index (χ0v) is 13.5. The van der Waals surface area contributed by atoms with Crippen molar-refractivity contribution in [1.82, 2.24) is 0 Å². The van der Waals surface area contributed by atoms with Crippen molar-refractivity contribution in [1.29, 1.82) is 0 Å². The molecular weight excluding hydrogens is 308 g/mol. The largest absolute Gasteiger partial charge is 0.493 e. The van der Waals surface area contributed by atoms with Crippen LogP contribution in [0.2, 0.25) is 0 Å². The van der Waals surface area contributed by atoms with Gasteiger partial charge in [-0.25, -0.2) is 0 Å². The fourth-order valence-corrected chi connectivity index (χ4v) is 2.57. The molecule has 3 rings (SSSR count). The normalized spacial score (nSPS) is 13.1. The van der Waals surface area contributed by atoms with Crippen molar-refractivity contribution in [2.75, 3.05) is 30.5 Å². The molecule has 6 nitrogen and oxygen atoms in total. The number of rotatable bonds is 4. The summed E-state index contributed by atoms with van der Waals surface area (Å²) in [5.41, 5.74) is 2.32. The smallest absolute Gasteiger partial charge is 0.265 e. The van der Waals surface area contributed by atoms with Gasteiger partial charge in [-0.2, -0.15) is 0 Å². The highest BCUT2D eigenvalue weighted by atomic mass is 16.5. The van der Waals surface area contributed by atoms with Crippen molar-refractivity contribution in [2.24, 2.45) is 0 Å². The summed E-state index contributed by atoms with van der Waals surface area (Å²) >= 11 is 0. The van der Waals surface area contributed by atoms with Crippen molar-refractivity contribution in [3.8, 4) is 11.5 Å². The van der Waals surface area contributed by atoms with Gasteiger partial charge in [0.25, 0.3) is 5.91 Å². The highest BCUT2D eigenvalue weighted by Crippen LogP contribution is 2.30. The van der Waals surface area contributed by atoms with Gasteiger partial charge in [0, 0.05) is 0 Å². The lowest BCUT2D eigenvalue weighted by atomic mass is 10.2. The molecule has 0 fully saturated rings. The summed E-state index contributed by atoms with van der Waals surface area (Å²) in [6.45, 7) is 1.74. The predicted molar refractivity (Wildman–Crippen MR) is 90.7 cm³/mol. The third kappa shape index (κ3) is 3.17. The summed E-state index contributed by atoms with van der Waals surface area (Å²) in [7, 11) is 1.55. The minimum atomic E-state index is -0.292. The van der Waals surface area contributed by atoms with Gasteiger partial charge >= 0.3 is 0 Å². The second-order valence-corrected chi connectivity index (χ2v) is 5.49. The Morgan fingerprint density at radius 2 is 2.00 bits per heavy atom. The van der Waals surface area contributed by atoms with Crippen LogP contribution in [-0.4, -0.2) is 32.1 Å². The average Bonchev–Trinajstić information content (AvgIpc) is 2.59. The van der Waals surface area contributed by atoms with Crippen LogP contribution in [0.4, 0.5) is 11.4 Å². The van der Waals surface area contributed by atoms with Crippen LogP contribution in [0.5, 0.6) is 11.5 Å². The third-order valence-electron chi connectivity index (χ3n) is 3.74. The van der Waals surface area contributed by atoms with Crippen LogP contribution in [0.15, 0.2) is 42.5 Å². The first-order valence-electron chi connectivity index (χ1n) is 7.55. The highest BCUT2D eigenvalue weighted by molar-refractivity contribution is 6.10. The Labute approximate surface area is 140 Å². The molecule has 0 aliphatic carbocycles. The Kier molecular flexibility index (Phi) is 4.37. The van der Waals surface area contributed by atoms with Gasteiger partial charge in [-0.05, 0) is 36.8 Å². The van der Waals surface area contributed by atoms with Crippen LogP contribution in [0, 0.1) is 6.92 Å². The van der Waals surface area contributed by atoms with Crippen LogP contribution < -0.4 is 19.7 Å². The first kappa shape index (κ1) is 15.9. The van der Waals surface area contributed by atoms with E-state index in [1.165, 1.54) is 4.90 Å². The number of hydrogen-bond donors (Lipinski definition) is 1. The fourth-order valence-electron chi connectivity index (χ4n) is 2.57. The minimum Gasteiger partial charge on any atom is -0.493 e. The van der Waals surface area contributed by atoms with Gasteiger partial charge in [0.2, 0.25) is 5.91 Å². The molecule has 0 bridgehead atoms. The number of methoxy groups -OCH3 is 1. The summed E-state index contributed by atoms with van der Waals surface area (Å²) in [5, 5.41) is 2.75. The summed E-state index contributed by atoms with van der Waals surface area (Å²) in [5.74, 6) is 0.542. The van der Waals surface area contributed by atoms with Crippen molar-refractivity contribution >= 4 is 23.2 Å². The Morgan fingerprint density at radius 3 is 2.79 bits per heavy atom. The monoisotopic (exact) mass is 326 g/mol. The van der Waals surface area contributed by atoms with E-state index in [-0.39, 0.29) is 25.0 Å². The van der Waals surface area contributed by atoms with E-state index in [4.69, 9.17) is 9.47 Å². The number of fused-ring (bicyclic) bond motifs is 1. The lowest BCUT2D eigenvalue weighted by Gasteiger charge is -2.29. The van der Waals surface area contributed by atoms with E-state index < -0.39 is 0 Å². The van der Waals surface area contributed by atoms with Gasteiger partial charge < -0.3 is 14.8 Å². The topological polar surface area (TPSA) is 67.9 Å². The van der Waals surface area contributed by atoms with Crippen LogP contribution in [0.3, 0.4) is 0 Å². The number of amides is 2. The summed E-state index contributed by atoms with van der Waals surface area (Å²) in [6, 6.07) is 12.7. The van der Waals surface area contributed by atoms with Gasteiger partial charge in [0.1, 0.15) is 6.54 Å². The van der Waals surface area contributed by atoms with Crippen molar-refractivity contribution in [3.05, 3.63) is 48.0 Å². The number of anilines is 2. The van der Waals surface area contributed by atoms with Gasteiger partial charge in [-0.1, -0.05) is 18.2 Å². The summed E-state index contributed by atoms with van der Waals surface area (Å²) in [6.07, 6.45) is 0. The molecule has 0 radical (unpaired) electrons. The zero-order chi connectivity index (χ0) is 17.1. The number of ether oxygens (including phenoxy) is 2. The maximum absolute atomic E-state index is 12.5. The lowest BCUT2D eigenvalue weighted by molar-refractivity contribution is -0.123. The molecule has 24 heavy (non-hydrogen) atoms. The number of carbonyl (C=O) groups is 2. The van der Waals surface area contributed by atoms with E-state index in [0.717, 1.165) is 5.56 Å². The molecule has 0 saturated heterocycles. The zero-order valence-electron chi connectivity index (χ0n) is 13.5. The Hall–Kier alpha value is -3.02. The molecule has 2 aromatic rings. The second-order valence-electron chi connectivity index (χ2n) is 5.49. The van der Waals surface area contributed by atoms with E-state index in [1.54, 1.807) is 31.4 Å². The molecule has 0 aromatic heterocycles. The molecule has 2 amide bonds. The number of carbonyl (C=O) groups excluding carboxylic acids is 2. The molecule has 124 valence electrons. The maximum Gasteiger partial charge on any atom is 0.265 e. The van der Waals surface area contributed by atoms with Gasteiger partial charge in [0.15, 0.2) is 18.1 Å². The molecule has 1 heterocycles. The van der Waals surface area contributed by atoms with Gasteiger partial charge in [0.05, 0.1) is 18.5 Å². The van der Waals surface area contributed by atoms with Crippen LogP contribution in [0.25, 0.3) is 0 Å². The molecule has 0 spiro atoms. The van der Waals surface area contributed by atoms with Crippen molar-refractivity contribution in [3.63, 3.8) is 0 Å². The fraction of sp³-hybridized carbons (Fsp3) is 0.222. The molecule has 1 N–H and O–H groups in total. The highest BCUT2D eigenvalue weighted by Gasteiger charge is 2.26. The van der Waals surface area contributed by atoms with Gasteiger partial charge in [-0.15, -0.1) is 0 Å². The summed E-state index contributed by atoms with van der Waals surface area (Å²) in [4.78, 5) is 25.7. The van der Waals surface area contributed by atoms with Crippen LogP contribution in [0.1, 0.15) is 5.56 Å². The second kappa shape index (κ2) is 6.62. The number of hydrogen-bond acceptors (Lipinski definition) is 4. The van der Waals surface area contributed by atoms with E-state index in [0.29, 0.717) is 22.9 Å². The van der Waals surface area contributed by atoms with E-state index in [1.807, 2.05) is 25.1 Å². The molecule has 2 aromatic carbocycles. The Balaban J connectivity index is 1.75. The lowest BCUT2D eigenvalue weighted by Crippen LogP contribution is -2.44. The number of benzene rings is 2. The average molecular weight is 326 g/mol. The van der Waals surface area contributed by atoms with Crippen LogP contribution in [-0.2, 0) is 9.59 Å². The molecule has 6 heteroatoms. The van der Waals surface area contributed by atoms with E-state index in [9.17, 15) is 9.59 Å². The third-order valence-corrected chi connectivity index (χ3v) is 3.74. The van der Waals surface area contributed by atoms with Gasteiger partial charge in [-0.3, -0.25) is 14.5 Å². The van der Waals surface area contributed by atoms with E-state index >= 15 is 0 Å². The first-order valence-corrected chi connectivity index (χ1v) is 7.55. The Bertz CT molecular complexity index is 788. The number of nitrogens with zero attached hydrogens (tertiary/aromatic N) is 1. The maximum atomic E-state index is 12.5. The molecule has 0 saturated carbocycles. The molecule has 0 atom stereocenters. The number of para-hydroxylation sites is 2. The van der Waals surface area contributed by atoms with Crippen molar-refractivity contribution in [2.45, 2.75) is 6.92 Å². The first-order chi connectivity index (χ1) is 11.6. The molecule has 1 aliphatic heterocycles. The molecular formula is C18H18N2O4. The molecule has 0 unspecified atom stereocenters. The SMILES string of the molecule is COc1cc(C)ccc1OCC(=O)N1CC(=O)Nc2ccccc21. The van der Waals surface area contributed by atoms with Crippen LogP contribution >= 0.6 is 0 Å². The van der Waals surface area contributed by atoms with E-state index in [2.05, 4.69) is 5.32 Å². The quantitative estimate of drug-likeness (QED) is 0.936. The minimum absolute atomic E-state index is 0.0236. The van der Waals surface area contributed by atoms with Crippen molar-refractivity contribution < 1.29 is 19.1 Å². The molecule has 1 aliphatic rings. The number of nitrogens with one attached hydrogen (secondary N) is 1. The number of aryl methyl sites for hydroxylation is 1. The Morgan fingerprint density at radius 1 is 1.21 bits per heavy atom. The summed E-state index contributed by atoms with van der Waals surface area (Å²) < 4.78 is 10.9. The standard InChI is InChI=1S/C18H18N2O4/c1-12-7-8-15(16(9-12)23-2)24-11-18(22)20-10-17(21)19-13-5-3-4-6-14(13)20/h3-9H,10-11H2,1-2H3,(H,19,21).